The molecule has 0 atom stereocenters. The van der Waals surface area contributed by atoms with Crippen LogP contribution >= 0.6 is 0 Å². The molecule has 1 aromatic rings. The van der Waals surface area contributed by atoms with Gasteiger partial charge < -0.3 is 22.4 Å². The van der Waals surface area contributed by atoms with E-state index in [-0.39, 0.29) is 11.5 Å². The Morgan fingerprint density at radius 3 is 1.92 bits per heavy atom. The predicted molar refractivity (Wildman–Crippen MR) is 88.6 cm³/mol. The summed E-state index contributed by atoms with van der Waals surface area (Å²) in [5.41, 5.74) is 0.888. The maximum atomic E-state index is 11.4. The first-order chi connectivity index (χ1) is 11.7. The zero-order chi connectivity index (χ0) is 19.0. The summed E-state index contributed by atoms with van der Waals surface area (Å²) in [6, 6.07) is 4.91. The van der Waals surface area contributed by atoms with E-state index in [2.05, 4.69) is 6.58 Å². The zero-order valence-corrected chi connectivity index (χ0v) is 15.5. The van der Waals surface area contributed by atoms with Crippen LogP contribution in [0, 0.1) is 0 Å². The van der Waals surface area contributed by atoms with Crippen molar-refractivity contribution >= 4 is 27.0 Å². The van der Waals surface area contributed by atoms with Crippen molar-refractivity contribution in [2.24, 2.45) is 0 Å². The van der Waals surface area contributed by atoms with Gasteiger partial charge in [-0.25, -0.2) is 0 Å². The average molecular weight is 368 g/mol. The third kappa shape index (κ3) is 6.30. The van der Waals surface area contributed by atoms with Crippen molar-refractivity contribution in [3.05, 3.63) is 36.4 Å². The molecule has 0 aliphatic heterocycles. The number of carbonyl (C=O) groups excluding carboxylic acids is 3. The number of hydrogen-bond donors (Lipinski definition) is 0. The highest BCUT2D eigenvalue weighted by Crippen LogP contribution is 2.31. The van der Waals surface area contributed by atoms with Crippen molar-refractivity contribution in [3.63, 3.8) is 0 Å². The van der Waals surface area contributed by atoms with E-state index in [1.807, 2.05) is 0 Å². The molecule has 9 heteroatoms. The number of benzene rings is 1. The summed E-state index contributed by atoms with van der Waals surface area (Å²) in [6.45, 7) is 6.87. The van der Waals surface area contributed by atoms with Crippen LogP contribution in [0.3, 0.4) is 0 Å². The standard InChI is InChI=1S/C16H20O8Si/c1-6-7-14-8-9-15(16(10-14)20-5)24-25(21-11(2)17,22-12(3)18)23-13(4)19/h6,8-10H,1,7H2,2-5H3. The summed E-state index contributed by atoms with van der Waals surface area (Å²) in [6.07, 6.45) is 2.31. The van der Waals surface area contributed by atoms with Crippen molar-refractivity contribution < 1.29 is 36.8 Å². The summed E-state index contributed by atoms with van der Waals surface area (Å²) in [4.78, 5) is 34.2. The van der Waals surface area contributed by atoms with Gasteiger partial charge in [-0.2, -0.15) is 0 Å². The largest absolute Gasteiger partial charge is 0.972 e. The van der Waals surface area contributed by atoms with Crippen LogP contribution in [0.1, 0.15) is 26.3 Å². The number of ether oxygens (including phenoxy) is 1. The van der Waals surface area contributed by atoms with Gasteiger partial charge in [0.1, 0.15) is 0 Å². The predicted octanol–water partition coefficient (Wildman–Crippen LogP) is 1.93. The molecule has 0 aromatic heterocycles. The first-order valence-electron chi connectivity index (χ1n) is 7.27. The first kappa shape index (κ1) is 20.2. The van der Waals surface area contributed by atoms with Crippen molar-refractivity contribution in [1.29, 1.82) is 0 Å². The van der Waals surface area contributed by atoms with Crippen molar-refractivity contribution in [2.45, 2.75) is 27.2 Å². The minimum Gasteiger partial charge on any atom is -0.493 e. The maximum Gasteiger partial charge on any atom is 0.972 e. The summed E-state index contributed by atoms with van der Waals surface area (Å²) in [7, 11) is -3.05. The van der Waals surface area contributed by atoms with Gasteiger partial charge in [0.05, 0.1) is 7.11 Å². The Labute approximate surface area is 146 Å². The van der Waals surface area contributed by atoms with E-state index in [0.717, 1.165) is 26.3 Å². The van der Waals surface area contributed by atoms with Crippen molar-refractivity contribution in [3.8, 4) is 11.5 Å². The lowest BCUT2D eigenvalue weighted by Gasteiger charge is -2.25. The molecule has 0 bridgehead atoms. The Balaban J connectivity index is 3.30. The fourth-order valence-electron chi connectivity index (χ4n) is 1.88. The Bertz CT molecular complexity index is 629. The Morgan fingerprint density at radius 1 is 1.00 bits per heavy atom. The number of allylic oxidation sites excluding steroid dienone is 1. The summed E-state index contributed by atoms with van der Waals surface area (Å²) < 4.78 is 25.7. The molecule has 8 nitrogen and oxygen atoms in total. The van der Waals surface area contributed by atoms with Gasteiger partial charge in [-0.1, -0.05) is 12.1 Å². The molecule has 0 aliphatic carbocycles. The average Bonchev–Trinajstić information content (AvgIpc) is 2.46. The molecule has 0 aliphatic rings. The molecule has 0 amide bonds. The smallest absolute Gasteiger partial charge is 0.493 e. The molecule has 25 heavy (non-hydrogen) atoms. The van der Waals surface area contributed by atoms with E-state index in [1.165, 1.54) is 13.2 Å². The molecule has 0 unspecified atom stereocenters. The van der Waals surface area contributed by atoms with Crippen LogP contribution < -0.4 is 9.16 Å². The molecule has 1 aromatic carbocycles. The van der Waals surface area contributed by atoms with Crippen LogP contribution in [-0.4, -0.2) is 34.1 Å². The van der Waals surface area contributed by atoms with E-state index in [9.17, 15) is 14.4 Å². The van der Waals surface area contributed by atoms with Gasteiger partial charge in [-0.05, 0) is 24.1 Å². The molecule has 0 saturated carbocycles. The van der Waals surface area contributed by atoms with Crippen molar-refractivity contribution in [2.75, 3.05) is 7.11 Å². The van der Waals surface area contributed by atoms with Gasteiger partial charge in [0.25, 0.3) is 17.9 Å². The normalized spacial score (nSPS) is 10.4. The summed E-state index contributed by atoms with van der Waals surface area (Å²) in [5, 5.41) is 0. The fraction of sp³-hybridized carbons (Fsp3) is 0.312. The molecular weight excluding hydrogens is 348 g/mol. The molecule has 0 N–H and O–H groups in total. The van der Waals surface area contributed by atoms with E-state index in [0.29, 0.717) is 6.42 Å². The van der Waals surface area contributed by atoms with E-state index >= 15 is 0 Å². The second-order valence-corrected chi connectivity index (χ2v) is 6.68. The molecule has 0 spiro atoms. The molecule has 0 saturated heterocycles. The highest BCUT2D eigenvalue weighted by molar-refractivity contribution is 6.59. The summed E-state index contributed by atoms with van der Waals surface area (Å²) in [5.74, 6) is -2.14. The molecule has 136 valence electrons. The second-order valence-electron chi connectivity index (χ2n) is 4.86. The van der Waals surface area contributed by atoms with Gasteiger partial charge in [0.15, 0.2) is 11.5 Å². The minimum absolute atomic E-state index is 0.0886. The number of hydrogen-bond acceptors (Lipinski definition) is 8. The molecule has 0 radical (unpaired) electrons. The van der Waals surface area contributed by atoms with E-state index in [1.54, 1.807) is 18.2 Å². The maximum absolute atomic E-state index is 11.4. The van der Waals surface area contributed by atoms with Gasteiger partial charge >= 0.3 is 9.05 Å². The lowest BCUT2D eigenvalue weighted by atomic mass is 10.1. The summed E-state index contributed by atoms with van der Waals surface area (Å²) >= 11 is 0. The molecular formula is C16H20O8Si. The first-order valence-corrected chi connectivity index (χ1v) is 8.90. The van der Waals surface area contributed by atoms with Gasteiger partial charge in [0.2, 0.25) is 0 Å². The molecule has 0 fully saturated rings. The van der Waals surface area contributed by atoms with Gasteiger partial charge in [0, 0.05) is 20.8 Å². The zero-order valence-electron chi connectivity index (χ0n) is 14.5. The van der Waals surface area contributed by atoms with Gasteiger partial charge in [-0.15, -0.1) is 6.58 Å². The minimum atomic E-state index is -4.46. The number of methoxy groups -OCH3 is 1. The van der Waals surface area contributed by atoms with Crippen LogP contribution in [0.15, 0.2) is 30.9 Å². The van der Waals surface area contributed by atoms with Crippen LogP contribution in [0.4, 0.5) is 0 Å². The second kappa shape index (κ2) is 8.88. The fourth-order valence-corrected chi connectivity index (χ4v) is 3.62. The number of carbonyl (C=O) groups is 3. The van der Waals surface area contributed by atoms with Crippen LogP contribution in [0.25, 0.3) is 0 Å². The highest BCUT2D eigenvalue weighted by atomic mass is 28.4. The van der Waals surface area contributed by atoms with Crippen molar-refractivity contribution in [1.82, 2.24) is 0 Å². The highest BCUT2D eigenvalue weighted by Gasteiger charge is 2.61. The third-order valence-corrected chi connectivity index (χ3v) is 4.73. The van der Waals surface area contributed by atoms with E-state index in [4.69, 9.17) is 22.4 Å². The van der Waals surface area contributed by atoms with Gasteiger partial charge in [-0.3, -0.25) is 14.4 Å². The van der Waals surface area contributed by atoms with Crippen LogP contribution in [-0.2, 0) is 34.1 Å². The topological polar surface area (TPSA) is 97.4 Å². The molecule has 1 rings (SSSR count). The Kier molecular flexibility index (Phi) is 7.18. The van der Waals surface area contributed by atoms with Crippen LogP contribution in [0.5, 0.6) is 11.5 Å². The lowest BCUT2D eigenvalue weighted by Crippen LogP contribution is -2.55. The third-order valence-electron chi connectivity index (χ3n) is 2.65. The number of rotatable bonds is 8. The lowest BCUT2D eigenvalue weighted by molar-refractivity contribution is -0.152. The Hall–Kier alpha value is -2.81. The SMILES string of the molecule is C=CCc1ccc(O[Si](OC(C)=O)(OC(C)=O)OC(C)=O)c(OC)c1. The van der Waals surface area contributed by atoms with Crippen LogP contribution in [0.2, 0.25) is 0 Å². The monoisotopic (exact) mass is 368 g/mol. The quantitative estimate of drug-likeness (QED) is 0.507. The Morgan fingerprint density at radius 2 is 1.52 bits per heavy atom. The van der Waals surface area contributed by atoms with E-state index < -0.39 is 27.0 Å². The molecule has 0 heterocycles.